The quantitative estimate of drug-likeness (QED) is 0.639. The molecule has 13 heavy (non-hydrogen) atoms. The van der Waals surface area contributed by atoms with E-state index in [9.17, 15) is 9.59 Å². The van der Waals surface area contributed by atoms with Gasteiger partial charge >= 0.3 is 11.9 Å². The van der Waals surface area contributed by atoms with Crippen LogP contribution in [0, 0.1) is 0 Å². The number of hydrogen-bond acceptors (Lipinski definition) is 3. The molecule has 0 aliphatic heterocycles. The van der Waals surface area contributed by atoms with Gasteiger partial charge in [-0.3, -0.25) is 0 Å². The molecule has 0 aromatic carbocycles. The number of ether oxygens (including phenoxy) is 1. The van der Waals surface area contributed by atoms with Crippen LogP contribution in [0.5, 0.6) is 0 Å². The molecule has 0 radical (unpaired) electrons. The molecule has 0 rings (SSSR count). The van der Waals surface area contributed by atoms with E-state index in [1.165, 1.54) is 0 Å². The standard InChI is InChI=1S/C4H4O4.C4H10O/c5-3(6)1-2-4(7)8;1-3-5-4-2/h1-2H,(H,5,6)(H,7,8);3-4H2,1-2H3. The Morgan fingerprint density at radius 1 is 1.08 bits per heavy atom. The second-order valence-corrected chi connectivity index (χ2v) is 1.79. The van der Waals surface area contributed by atoms with E-state index in [4.69, 9.17) is 14.9 Å². The average Bonchev–Trinajstić information content (AvgIpc) is 2.03. The molecule has 76 valence electrons. The number of hydrogen-bond donors (Lipinski definition) is 2. The Hall–Kier alpha value is -1.36. The Kier molecular flexibility index (Phi) is 11.6. The topological polar surface area (TPSA) is 83.8 Å². The van der Waals surface area contributed by atoms with Crippen LogP contribution >= 0.6 is 0 Å². The molecule has 0 spiro atoms. The highest BCUT2D eigenvalue weighted by Gasteiger charge is 1.88. The summed E-state index contributed by atoms with van der Waals surface area (Å²) in [6.07, 6.45) is 1.12. The summed E-state index contributed by atoms with van der Waals surface area (Å²) in [5, 5.41) is 15.6. The monoisotopic (exact) mass is 190 g/mol. The second kappa shape index (κ2) is 10.6. The fourth-order valence-electron chi connectivity index (χ4n) is 0.347. The maximum atomic E-state index is 9.55. The molecule has 0 aromatic heterocycles. The van der Waals surface area contributed by atoms with Gasteiger partial charge < -0.3 is 14.9 Å². The lowest BCUT2D eigenvalue weighted by molar-refractivity contribution is -0.134. The van der Waals surface area contributed by atoms with E-state index in [1.54, 1.807) is 0 Å². The summed E-state index contributed by atoms with van der Waals surface area (Å²) in [5.74, 6) is -2.51. The van der Waals surface area contributed by atoms with E-state index in [0.29, 0.717) is 12.2 Å². The van der Waals surface area contributed by atoms with Crippen LogP contribution in [0.4, 0.5) is 0 Å². The molecule has 0 unspecified atom stereocenters. The Balaban J connectivity index is 0. The molecule has 5 nitrogen and oxygen atoms in total. The SMILES string of the molecule is CCOCC.O=C(O)C=CC(=O)O. The summed E-state index contributed by atoms with van der Waals surface area (Å²) in [7, 11) is 0. The van der Waals surface area contributed by atoms with E-state index < -0.39 is 11.9 Å². The summed E-state index contributed by atoms with van der Waals surface area (Å²) in [5.41, 5.74) is 0. The molecule has 0 saturated heterocycles. The predicted octanol–water partition coefficient (Wildman–Crippen LogP) is 0.755. The number of carbonyl (C=O) groups is 2. The molecule has 5 heteroatoms. The van der Waals surface area contributed by atoms with Crippen molar-refractivity contribution in [3.63, 3.8) is 0 Å². The van der Waals surface area contributed by atoms with Crippen LogP contribution in [-0.2, 0) is 14.3 Å². The minimum Gasteiger partial charge on any atom is -0.478 e. The Morgan fingerprint density at radius 3 is 1.46 bits per heavy atom. The van der Waals surface area contributed by atoms with Gasteiger partial charge in [0.25, 0.3) is 0 Å². The number of carboxylic acids is 2. The smallest absolute Gasteiger partial charge is 0.328 e. The summed E-state index contributed by atoms with van der Waals surface area (Å²) >= 11 is 0. The first-order chi connectivity index (χ1) is 6.04. The molecular formula is C8H14O5. The minimum absolute atomic E-state index is 0.558. The van der Waals surface area contributed by atoms with Crippen molar-refractivity contribution >= 4 is 11.9 Å². The van der Waals surface area contributed by atoms with Crippen LogP contribution in [0.3, 0.4) is 0 Å². The zero-order valence-corrected chi connectivity index (χ0v) is 7.69. The summed E-state index contributed by atoms with van der Waals surface area (Å²) in [6, 6.07) is 0. The van der Waals surface area contributed by atoms with Gasteiger partial charge in [-0.05, 0) is 13.8 Å². The van der Waals surface area contributed by atoms with Gasteiger partial charge in [0.1, 0.15) is 0 Å². The number of rotatable bonds is 4. The van der Waals surface area contributed by atoms with E-state index in [1.807, 2.05) is 13.8 Å². The molecule has 0 atom stereocenters. The van der Waals surface area contributed by atoms with Crippen molar-refractivity contribution in [2.45, 2.75) is 13.8 Å². The second-order valence-electron chi connectivity index (χ2n) is 1.79. The highest BCUT2D eigenvalue weighted by atomic mass is 16.5. The number of aliphatic carboxylic acids is 2. The molecule has 0 fully saturated rings. The average molecular weight is 190 g/mol. The molecule has 0 saturated carbocycles. The van der Waals surface area contributed by atoms with Gasteiger partial charge in [-0.2, -0.15) is 0 Å². The molecule has 2 N–H and O–H groups in total. The molecular weight excluding hydrogens is 176 g/mol. The minimum atomic E-state index is -1.26. The third-order valence-corrected chi connectivity index (χ3v) is 0.777. The maximum absolute atomic E-state index is 9.55. The fourth-order valence-corrected chi connectivity index (χ4v) is 0.347. The zero-order chi connectivity index (χ0) is 10.7. The van der Waals surface area contributed by atoms with Gasteiger partial charge in [-0.25, -0.2) is 9.59 Å². The van der Waals surface area contributed by atoms with E-state index in [-0.39, 0.29) is 0 Å². The van der Waals surface area contributed by atoms with Crippen LogP contribution in [0.25, 0.3) is 0 Å². The van der Waals surface area contributed by atoms with Crippen LogP contribution in [0.1, 0.15) is 13.8 Å². The van der Waals surface area contributed by atoms with Gasteiger partial charge in [-0.15, -0.1) is 0 Å². The highest BCUT2D eigenvalue weighted by molar-refractivity contribution is 5.89. The van der Waals surface area contributed by atoms with Crippen molar-refractivity contribution in [1.82, 2.24) is 0 Å². The van der Waals surface area contributed by atoms with Gasteiger partial charge in [0.05, 0.1) is 0 Å². The lowest BCUT2D eigenvalue weighted by Gasteiger charge is -1.86. The molecule has 0 aliphatic rings. The zero-order valence-electron chi connectivity index (χ0n) is 7.69. The molecule has 0 aromatic rings. The van der Waals surface area contributed by atoms with E-state index >= 15 is 0 Å². The van der Waals surface area contributed by atoms with Gasteiger partial charge in [0, 0.05) is 25.4 Å². The highest BCUT2D eigenvalue weighted by Crippen LogP contribution is 1.70. The largest absolute Gasteiger partial charge is 0.478 e. The van der Waals surface area contributed by atoms with Gasteiger partial charge in [0.15, 0.2) is 0 Å². The first kappa shape index (κ1) is 14.2. The maximum Gasteiger partial charge on any atom is 0.328 e. The molecule has 0 amide bonds. The Bertz CT molecular complexity index is 155. The van der Waals surface area contributed by atoms with Crippen LogP contribution in [-0.4, -0.2) is 35.4 Å². The summed E-state index contributed by atoms with van der Waals surface area (Å²) < 4.78 is 4.83. The predicted molar refractivity (Wildman–Crippen MR) is 46.6 cm³/mol. The van der Waals surface area contributed by atoms with Crippen molar-refractivity contribution in [2.75, 3.05) is 13.2 Å². The third kappa shape index (κ3) is 25.0. The summed E-state index contributed by atoms with van der Waals surface area (Å²) in [4.78, 5) is 19.1. The Labute approximate surface area is 76.6 Å². The molecule has 0 aliphatic carbocycles. The van der Waals surface area contributed by atoms with Crippen LogP contribution < -0.4 is 0 Å². The van der Waals surface area contributed by atoms with Gasteiger partial charge in [-0.1, -0.05) is 0 Å². The lowest BCUT2D eigenvalue weighted by Crippen LogP contribution is -1.91. The van der Waals surface area contributed by atoms with Crippen molar-refractivity contribution in [3.8, 4) is 0 Å². The number of carboxylic acid groups (broad SMARTS) is 2. The van der Waals surface area contributed by atoms with Crippen molar-refractivity contribution in [2.24, 2.45) is 0 Å². The first-order valence-corrected chi connectivity index (χ1v) is 3.76. The fraction of sp³-hybridized carbons (Fsp3) is 0.500. The van der Waals surface area contributed by atoms with Crippen LogP contribution in [0.2, 0.25) is 0 Å². The van der Waals surface area contributed by atoms with E-state index in [2.05, 4.69) is 0 Å². The van der Waals surface area contributed by atoms with Gasteiger partial charge in [0.2, 0.25) is 0 Å². The van der Waals surface area contributed by atoms with Crippen molar-refractivity contribution < 1.29 is 24.5 Å². The van der Waals surface area contributed by atoms with Crippen molar-refractivity contribution in [3.05, 3.63) is 12.2 Å². The summed E-state index contributed by atoms with van der Waals surface area (Å²) in [6.45, 7) is 5.67. The van der Waals surface area contributed by atoms with Crippen molar-refractivity contribution in [1.29, 1.82) is 0 Å². The Morgan fingerprint density at radius 2 is 1.38 bits per heavy atom. The molecule has 0 heterocycles. The first-order valence-electron chi connectivity index (χ1n) is 3.76. The van der Waals surface area contributed by atoms with E-state index in [0.717, 1.165) is 13.2 Å². The third-order valence-electron chi connectivity index (χ3n) is 0.777. The lowest BCUT2D eigenvalue weighted by atomic mass is 10.5. The van der Waals surface area contributed by atoms with Crippen LogP contribution in [0.15, 0.2) is 12.2 Å². The normalized spacial score (nSPS) is 9.08. The molecule has 0 bridgehead atoms.